The minimum Gasteiger partial charge on any atom is -0.383 e. The molecule has 0 aromatic carbocycles. The number of rotatable bonds is 7. The molecule has 0 bridgehead atoms. The van der Waals surface area contributed by atoms with Crippen molar-refractivity contribution in [3.05, 3.63) is 71.6 Å². The number of anilines is 2. The maximum atomic E-state index is 6.29. The summed E-state index contributed by atoms with van der Waals surface area (Å²) in [5, 5.41) is 0. The van der Waals surface area contributed by atoms with Crippen molar-refractivity contribution in [2.75, 3.05) is 11.5 Å². The molecule has 4 N–H and O–H groups in total. The van der Waals surface area contributed by atoms with E-state index in [1.54, 1.807) is 18.7 Å². The van der Waals surface area contributed by atoms with Gasteiger partial charge in [-0.3, -0.25) is 0 Å². The summed E-state index contributed by atoms with van der Waals surface area (Å²) in [5.74, 6) is 2.08. The molecule has 3 rings (SSSR count). The molecule has 0 aliphatic rings. The van der Waals surface area contributed by atoms with Crippen LogP contribution in [0.5, 0.6) is 0 Å². The van der Waals surface area contributed by atoms with Gasteiger partial charge in [0.25, 0.3) is 0 Å². The molecule has 0 amide bonds. The van der Waals surface area contributed by atoms with Crippen molar-refractivity contribution in [1.82, 2.24) is 19.9 Å². The van der Waals surface area contributed by atoms with E-state index in [2.05, 4.69) is 52.8 Å². The second-order valence-corrected chi connectivity index (χ2v) is 7.53. The highest BCUT2D eigenvalue weighted by Gasteiger charge is 2.19. The van der Waals surface area contributed by atoms with Gasteiger partial charge in [-0.05, 0) is 59.9 Å². The van der Waals surface area contributed by atoms with Crippen molar-refractivity contribution in [2.24, 2.45) is 5.92 Å². The van der Waals surface area contributed by atoms with Crippen LogP contribution in [0.1, 0.15) is 55.1 Å². The van der Waals surface area contributed by atoms with E-state index >= 15 is 0 Å². The maximum Gasteiger partial charge on any atom is 0.127 e. The zero-order valence-electron chi connectivity index (χ0n) is 16.7. The highest BCUT2D eigenvalue weighted by molar-refractivity contribution is 5.44. The summed E-state index contributed by atoms with van der Waals surface area (Å²) in [6.45, 7) is 6.53. The van der Waals surface area contributed by atoms with Crippen LogP contribution in [0.25, 0.3) is 0 Å². The van der Waals surface area contributed by atoms with Gasteiger partial charge in [-0.25, -0.2) is 19.9 Å². The molecule has 0 aliphatic carbocycles. The van der Waals surface area contributed by atoms with Gasteiger partial charge in [-0.1, -0.05) is 32.9 Å². The molecule has 0 saturated heterocycles. The summed E-state index contributed by atoms with van der Waals surface area (Å²) in [4.78, 5) is 17.1. The Morgan fingerprint density at radius 3 is 2.32 bits per heavy atom. The van der Waals surface area contributed by atoms with Gasteiger partial charge in [0.2, 0.25) is 0 Å². The number of nitrogens with two attached hydrogens (primary N) is 2. The summed E-state index contributed by atoms with van der Waals surface area (Å²) in [5.41, 5.74) is 16.5. The van der Waals surface area contributed by atoms with Gasteiger partial charge in [0.15, 0.2) is 0 Å². The first-order valence-corrected chi connectivity index (χ1v) is 9.66. The largest absolute Gasteiger partial charge is 0.383 e. The molecule has 3 aromatic heterocycles. The van der Waals surface area contributed by atoms with Crippen LogP contribution in [0.3, 0.4) is 0 Å². The number of nitrogen functional groups attached to an aromatic ring is 2. The van der Waals surface area contributed by atoms with Crippen molar-refractivity contribution in [3.8, 4) is 0 Å². The molecule has 3 atom stereocenters. The summed E-state index contributed by atoms with van der Waals surface area (Å²) in [7, 11) is 0. The topological polar surface area (TPSA) is 104 Å². The van der Waals surface area contributed by atoms with Crippen LogP contribution in [0, 0.1) is 5.92 Å². The molecule has 146 valence electrons. The third-order valence-corrected chi connectivity index (χ3v) is 5.45. The molecule has 6 nitrogen and oxygen atoms in total. The number of nitrogens with zero attached hydrogens (tertiary/aromatic N) is 4. The van der Waals surface area contributed by atoms with Gasteiger partial charge in [-0.15, -0.1) is 0 Å². The Balaban J connectivity index is 1.69. The van der Waals surface area contributed by atoms with Gasteiger partial charge in [0, 0.05) is 23.8 Å². The fourth-order valence-corrected chi connectivity index (χ4v) is 3.55. The predicted molar refractivity (Wildman–Crippen MR) is 113 cm³/mol. The summed E-state index contributed by atoms with van der Waals surface area (Å²) in [6, 6.07) is 10.1. The average Bonchev–Trinajstić information content (AvgIpc) is 2.68. The number of hydrogen-bond acceptors (Lipinski definition) is 6. The highest BCUT2D eigenvalue weighted by Crippen LogP contribution is 2.30. The van der Waals surface area contributed by atoms with Gasteiger partial charge in [0.1, 0.15) is 18.0 Å². The van der Waals surface area contributed by atoms with Crippen LogP contribution in [0.4, 0.5) is 11.6 Å². The first-order chi connectivity index (χ1) is 13.5. The van der Waals surface area contributed by atoms with Crippen molar-refractivity contribution in [2.45, 2.75) is 45.4 Å². The predicted octanol–water partition coefficient (Wildman–Crippen LogP) is 3.76. The minimum atomic E-state index is 0.239. The van der Waals surface area contributed by atoms with Gasteiger partial charge >= 0.3 is 0 Å². The molecule has 3 aromatic rings. The Morgan fingerprint density at radius 2 is 1.64 bits per heavy atom. The normalized spacial score (nSPS) is 14.4. The van der Waals surface area contributed by atoms with Crippen LogP contribution in [0.15, 0.2) is 49.1 Å². The molecule has 0 aliphatic heterocycles. The quantitative estimate of drug-likeness (QED) is 0.651. The first-order valence-electron chi connectivity index (χ1n) is 9.66. The standard InChI is InChI=1S/C22H28N6/c1-14(16(3)20-5-4-9-26-21(20)23)11-18-6-7-19(22(24)28-18)15(2)12-17-8-10-25-13-27-17/h4-10,13-16H,11-12H2,1-3H3,(H2,23,26)(H2,24,28)/t14?,15-,16+/m1/s1. The van der Waals surface area contributed by atoms with Crippen LogP contribution in [-0.4, -0.2) is 19.9 Å². The van der Waals surface area contributed by atoms with E-state index in [1.165, 1.54) is 0 Å². The third-order valence-electron chi connectivity index (χ3n) is 5.45. The van der Waals surface area contributed by atoms with E-state index in [0.29, 0.717) is 17.6 Å². The molecule has 0 spiro atoms. The number of aromatic nitrogens is 4. The lowest BCUT2D eigenvalue weighted by Gasteiger charge is -2.21. The Hall–Kier alpha value is -3.02. The summed E-state index contributed by atoms with van der Waals surface area (Å²) >= 11 is 0. The fourth-order valence-electron chi connectivity index (χ4n) is 3.55. The van der Waals surface area contributed by atoms with E-state index in [9.17, 15) is 0 Å². The van der Waals surface area contributed by atoms with Crippen LogP contribution in [0.2, 0.25) is 0 Å². The Bertz CT molecular complexity index is 912. The third kappa shape index (κ3) is 4.63. The Morgan fingerprint density at radius 1 is 0.821 bits per heavy atom. The van der Waals surface area contributed by atoms with Crippen molar-refractivity contribution >= 4 is 11.6 Å². The number of pyridine rings is 2. The second-order valence-electron chi connectivity index (χ2n) is 7.53. The summed E-state index contributed by atoms with van der Waals surface area (Å²) in [6.07, 6.45) is 6.70. The lowest BCUT2D eigenvalue weighted by atomic mass is 9.86. The van der Waals surface area contributed by atoms with E-state index in [-0.39, 0.29) is 11.8 Å². The average molecular weight is 377 g/mol. The molecule has 6 heteroatoms. The SMILES string of the molecule is CC(Cc1ccc([C@H](C)Cc2ccncn2)c(N)n1)[C@H](C)c1cccnc1N. The summed E-state index contributed by atoms with van der Waals surface area (Å²) < 4.78 is 0. The minimum absolute atomic E-state index is 0.239. The monoisotopic (exact) mass is 376 g/mol. The smallest absolute Gasteiger partial charge is 0.127 e. The van der Waals surface area contributed by atoms with Crippen molar-refractivity contribution in [1.29, 1.82) is 0 Å². The lowest BCUT2D eigenvalue weighted by molar-refractivity contribution is 0.480. The van der Waals surface area contributed by atoms with E-state index < -0.39 is 0 Å². The molecule has 0 fully saturated rings. The van der Waals surface area contributed by atoms with Gasteiger partial charge in [-0.2, -0.15) is 0 Å². The Labute approximate surface area is 166 Å². The Kier molecular flexibility index (Phi) is 6.19. The molecular weight excluding hydrogens is 348 g/mol. The van der Waals surface area contributed by atoms with E-state index in [0.717, 1.165) is 35.4 Å². The zero-order valence-corrected chi connectivity index (χ0v) is 16.7. The van der Waals surface area contributed by atoms with Crippen LogP contribution >= 0.6 is 0 Å². The molecular formula is C22H28N6. The second kappa shape index (κ2) is 8.78. The molecule has 28 heavy (non-hydrogen) atoms. The van der Waals surface area contributed by atoms with Crippen LogP contribution < -0.4 is 11.5 Å². The molecule has 1 unspecified atom stereocenters. The van der Waals surface area contributed by atoms with Crippen molar-refractivity contribution < 1.29 is 0 Å². The molecule has 0 radical (unpaired) electrons. The van der Waals surface area contributed by atoms with Gasteiger partial charge in [0.05, 0.1) is 0 Å². The molecule has 0 saturated carbocycles. The van der Waals surface area contributed by atoms with E-state index in [4.69, 9.17) is 11.5 Å². The van der Waals surface area contributed by atoms with Gasteiger partial charge < -0.3 is 11.5 Å². The first kappa shape index (κ1) is 19.7. The van der Waals surface area contributed by atoms with E-state index in [1.807, 2.05) is 18.2 Å². The zero-order chi connectivity index (χ0) is 20.1. The van der Waals surface area contributed by atoms with Crippen LogP contribution in [-0.2, 0) is 12.8 Å². The molecule has 3 heterocycles. The fraction of sp³-hybridized carbons (Fsp3) is 0.364. The number of hydrogen-bond donors (Lipinski definition) is 2. The maximum absolute atomic E-state index is 6.29. The lowest BCUT2D eigenvalue weighted by Crippen LogP contribution is -2.14. The highest BCUT2D eigenvalue weighted by atomic mass is 14.9. The van der Waals surface area contributed by atoms with Crippen molar-refractivity contribution in [3.63, 3.8) is 0 Å².